The summed E-state index contributed by atoms with van der Waals surface area (Å²) in [4.78, 5) is 4.56. The smallest absolute Gasteiger partial charge is 0.0642 e. The number of rotatable bonds is 4. The first-order chi connectivity index (χ1) is 9.11. The maximum atomic E-state index is 8.94. The molecule has 1 aromatic rings. The van der Waals surface area contributed by atoms with Crippen LogP contribution in [0.2, 0.25) is 5.02 Å². The maximum absolute atomic E-state index is 8.94. The van der Waals surface area contributed by atoms with E-state index in [1.165, 1.54) is 0 Å². The molecule has 106 valence electrons. The lowest BCUT2D eigenvalue weighted by atomic mass is 10.1. The molecule has 0 aromatic heterocycles. The molecule has 1 aromatic carbocycles. The monoisotopic (exact) mass is 283 g/mol. The third kappa shape index (κ3) is 3.60. The van der Waals surface area contributed by atoms with Gasteiger partial charge in [-0.05, 0) is 24.6 Å². The van der Waals surface area contributed by atoms with E-state index in [-0.39, 0.29) is 12.6 Å². The summed E-state index contributed by atoms with van der Waals surface area (Å²) in [5.41, 5.74) is 8.00. The van der Waals surface area contributed by atoms with Crippen LogP contribution in [0.15, 0.2) is 18.2 Å². The van der Waals surface area contributed by atoms with Crippen molar-refractivity contribution in [3.05, 3.63) is 28.8 Å². The summed E-state index contributed by atoms with van der Waals surface area (Å²) in [6.45, 7) is 6.75. The van der Waals surface area contributed by atoms with Gasteiger partial charge in [-0.25, -0.2) is 0 Å². The van der Waals surface area contributed by atoms with Crippen molar-refractivity contribution in [1.82, 2.24) is 4.90 Å². The molecule has 0 bridgehead atoms. The minimum absolute atomic E-state index is 0.00736. The minimum atomic E-state index is 0.00736. The third-order valence-electron chi connectivity index (χ3n) is 3.63. The zero-order chi connectivity index (χ0) is 13.8. The minimum Gasteiger partial charge on any atom is -0.395 e. The SMILES string of the molecule is C[C@@H](N)c1ccc(N2CCN(CCO)CC2)c(Cl)c1. The van der Waals surface area contributed by atoms with Gasteiger partial charge in [0.25, 0.3) is 0 Å². The highest BCUT2D eigenvalue weighted by Crippen LogP contribution is 2.29. The summed E-state index contributed by atoms with van der Waals surface area (Å²) in [6.07, 6.45) is 0. The number of piperazine rings is 1. The summed E-state index contributed by atoms with van der Waals surface area (Å²) in [7, 11) is 0. The predicted molar refractivity (Wildman–Crippen MR) is 79.8 cm³/mol. The van der Waals surface area contributed by atoms with Crippen LogP contribution >= 0.6 is 11.6 Å². The molecule has 2 rings (SSSR count). The van der Waals surface area contributed by atoms with Gasteiger partial charge in [-0.2, -0.15) is 0 Å². The van der Waals surface area contributed by atoms with E-state index < -0.39 is 0 Å². The molecule has 1 fully saturated rings. The van der Waals surface area contributed by atoms with Gasteiger partial charge in [0.15, 0.2) is 0 Å². The van der Waals surface area contributed by atoms with E-state index in [1.807, 2.05) is 19.1 Å². The fraction of sp³-hybridized carbons (Fsp3) is 0.571. The standard InChI is InChI=1S/C14H22ClN3O/c1-11(16)12-2-3-14(13(15)10-12)18-6-4-17(5-7-18)8-9-19/h2-3,10-11,19H,4-9,16H2,1H3/t11-/m1/s1. The Bertz CT molecular complexity index is 417. The molecule has 0 amide bonds. The first kappa shape index (κ1) is 14.6. The van der Waals surface area contributed by atoms with Crippen molar-refractivity contribution in [2.24, 2.45) is 5.73 Å². The number of hydrogen-bond acceptors (Lipinski definition) is 4. The van der Waals surface area contributed by atoms with Crippen LogP contribution in [0.1, 0.15) is 18.5 Å². The highest BCUT2D eigenvalue weighted by Gasteiger charge is 2.18. The summed E-state index contributed by atoms with van der Waals surface area (Å²) in [5.74, 6) is 0. The van der Waals surface area contributed by atoms with E-state index in [1.54, 1.807) is 0 Å². The molecule has 1 saturated heterocycles. The van der Waals surface area contributed by atoms with Crippen molar-refractivity contribution in [3.63, 3.8) is 0 Å². The van der Waals surface area contributed by atoms with Gasteiger partial charge in [0.05, 0.1) is 17.3 Å². The van der Waals surface area contributed by atoms with Crippen LogP contribution < -0.4 is 10.6 Å². The van der Waals surface area contributed by atoms with Crippen molar-refractivity contribution >= 4 is 17.3 Å². The Morgan fingerprint density at radius 2 is 2.00 bits per heavy atom. The summed E-state index contributed by atoms with van der Waals surface area (Å²) >= 11 is 6.35. The van der Waals surface area contributed by atoms with Gasteiger partial charge in [0, 0.05) is 38.8 Å². The molecule has 1 aliphatic rings. The van der Waals surface area contributed by atoms with Crippen LogP contribution in [-0.4, -0.2) is 49.3 Å². The second kappa shape index (κ2) is 6.57. The number of aliphatic hydroxyl groups excluding tert-OH is 1. The molecule has 0 saturated carbocycles. The molecule has 0 unspecified atom stereocenters. The number of nitrogens with zero attached hydrogens (tertiary/aromatic N) is 2. The Balaban J connectivity index is 2.03. The number of nitrogens with two attached hydrogens (primary N) is 1. The van der Waals surface area contributed by atoms with E-state index in [0.29, 0.717) is 0 Å². The predicted octanol–water partition coefficient (Wildman–Crippen LogP) is 1.47. The first-order valence-electron chi connectivity index (χ1n) is 6.75. The molecule has 1 atom stereocenters. The molecule has 0 radical (unpaired) electrons. The third-order valence-corrected chi connectivity index (χ3v) is 3.93. The zero-order valence-electron chi connectivity index (χ0n) is 11.3. The van der Waals surface area contributed by atoms with E-state index in [0.717, 1.165) is 49.0 Å². The Kier molecular flexibility index (Phi) is 5.05. The maximum Gasteiger partial charge on any atom is 0.0642 e. The number of aliphatic hydroxyl groups is 1. The lowest BCUT2D eigenvalue weighted by Gasteiger charge is -2.36. The summed E-state index contributed by atoms with van der Waals surface area (Å²) < 4.78 is 0. The van der Waals surface area contributed by atoms with Crippen molar-refractivity contribution in [1.29, 1.82) is 0 Å². The normalized spacial score (nSPS) is 18.6. The molecule has 4 nitrogen and oxygen atoms in total. The fourth-order valence-corrected chi connectivity index (χ4v) is 2.73. The van der Waals surface area contributed by atoms with Crippen LogP contribution in [0.25, 0.3) is 0 Å². The molecular weight excluding hydrogens is 262 g/mol. The lowest BCUT2D eigenvalue weighted by molar-refractivity contribution is 0.189. The summed E-state index contributed by atoms with van der Waals surface area (Å²) in [6, 6.07) is 6.07. The van der Waals surface area contributed by atoms with Gasteiger partial charge >= 0.3 is 0 Å². The quantitative estimate of drug-likeness (QED) is 0.879. The van der Waals surface area contributed by atoms with Crippen LogP contribution in [0.5, 0.6) is 0 Å². The van der Waals surface area contributed by atoms with E-state index in [2.05, 4.69) is 15.9 Å². The van der Waals surface area contributed by atoms with Gasteiger partial charge in [-0.15, -0.1) is 0 Å². The Morgan fingerprint density at radius 1 is 1.32 bits per heavy atom. The van der Waals surface area contributed by atoms with Crippen LogP contribution in [0, 0.1) is 0 Å². The van der Waals surface area contributed by atoms with E-state index >= 15 is 0 Å². The molecule has 19 heavy (non-hydrogen) atoms. The van der Waals surface area contributed by atoms with Crippen LogP contribution in [0.4, 0.5) is 5.69 Å². The number of hydrogen-bond donors (Lipinski definition) is 2. The molecule has 0 spiro atoms. The second-order valence-corrected chi connectivity index (χ2v) is 5.46. The van der Waals surface area contributed by atoms with Gasteiger partial charge in [0.2, 0.25) is 0 Å². The number of anilines is 1. The number of benzene rings is 1. The highest BCUT2D eigenvalue weighted by atomic mass is 35.5. The molecular formula is C14H22ClN3O. The first-order valence-corrected chi connectivity index (χ1v) is 7.13. The number of β-amino-alcohol motifs (C(OH)–C–C–N with tert-alkyl or cyclic N) is 1. The lowest BCUT2D eigenvalue weighted by Crippen LogP contribution is -2.47. The van der Waals surface area contributed by atoms with Crippen molar-refractivity contribution < 1.29 is 5.11 Å². The summed E-state index contributed by atoms with van der Waals surface area (Å²) in [5, 5.41) is 9.71. The Morgan fingerprint density at radius 3 is 2.53 bits per heavy atom. The molecule has 1 heterocycles. The van der Waals surface area contributed by atoms with E-state index in [4.69, 9.17) is 22.4 Å². The number of halogens is 1. The Hall–Kier alpha value is -0.810. The van der Waals surface area contributed by atoms with Gasteiger partial charge < -0.3 is 15.7 Å². The van der Waals surface area contributed by atoms with Crippen LogP contribution in [-0.2, 0) is 0 Å². The highest BCUT2D eigenvalue weighted by molar-refractivity contribution is 6.33. The molecule has 5 heteroatoms. The Labute approximate surface area is 119 Å². The largest absolute Gasteiger partial charge is 0.395 e. The van der Waals surface area contributed by atoms with Gasteiger partial charge in [0.1, 0.15) is 0 Å². The fourth-order valence-electron chi connectivity index (χ4n) is 2.42. The topological polar surface area (TPSA) is 52.7 Å². The van der Waals surface area contributed by atoms with Gasteiger partial charge in [-0.3, -0.25) is 4.90 Å². The molecule has 0 aliphatic carbocycles. The molecule has 1 aliphatic heterocycles. The van der Waals surface area contributed by atoms with Crippen molar-refractivity contribution in [2.45, 2.75) is 13.0 Å². The second-order valence-electron chi connectivity index (χ2n) is 5.05. The van der Waals surface area contributed by atoms with E-state index in [9.17, 15) is 0 Å². The zero-order valence-corrected chi connectivity index (χ0v) is 12.1. The average Bonchev–Trinajstić information content (AvgIpc) is 2.40. The van der Waals surface area contributed by atoms with Crippen molar-refractivity contribution in [2.75, 3.05) is 44.2 Å². The van der Waals surface area contributed by atoms with Crippen LogP contribution in [0.3, 0.4) is 0 Å². The molecule has 3 N–H and O–H groups in total. The van der Waals surface area contributed by atoms with Crippen molar-refractivity contribution in [3.8, 4) is 0 Å². The van der Waals surface area contributed by atoms with Gasteiger partial charge in [-0.1, -0.05) is 17.7 Å². The average molecular weight is 284 g/mol.